The zero-order valence-corrected chi connectivity index (χ0v) is 11.1. The molecule has 2 fully saturated rings. The number of rotatable bonds is 4. The quantitative estimate of drug-likeness (QED) is 0.817. The van der Waals surface area contributed by atoms with Crippen molar-refractivity contribution in [2.45, 2.75) is 63.8 Å². The van der Waals surface area contributed by atoms with Crippen LogP contribution in [0.15, 0.2) is 0 Å². The maximum absolute atomic E-state index is 11.9. The highest BCUT2D eigenvalue weighted by atomic mass is 16.2. The van der Waals surface area contributed by atoms with Gasteiger partial charge in [0.15, 0.2) is 0 Å². The van der Waals surface area contributed by atoms with E-state index in [9.17, 15) is 4.79 Å². The number of hydrogen-bond acceptors (Lipinski definition) is 2. The number of carbonyl (C=O) groups excluding carboxylic acids is 1. The van der Waals surface area contributed by atoms with Crippen LogP contribution in [0.25, 0.3) is 0 Å². The van der Waals surface area contributed by atoms with Crippen molar-refractivity contribution in [2.24, 2.45) is 11.7 Å². The van der Waals surface area contributed by atoms with Crippen molar-refractivity contribution < 1.29 is 4.79 Å². The van der Waals surface area contributed by atoms with Crippen LogP contribution in [0, 0.1) is 5.92 Å². The van der Waals surface area contributed by atoms with Gasteiger partial charge in [0.05, 0.1) is 5.54 Å². The summed E-state index contributed by atoms with van der Waals surface area (Å²) in [7, 11) is 0. The third-order valence-corrected chi connectivity index (χ3v) is 4.56. The van der Waals surface area contributed by atoms with Crippen LogP contribution < -0.4 is 5.73 Å². The van der Waals surface area contributed by atoms with Gasteiger partial charge < -0.3 is 10.6 Å². The van der Waals surface area contributed by atoms with E-state index in [-0.39, 0.29) is 5.54 Å². The fraction of sp³-hybridized carbons (Fsp3) is 0.929. The summed E-state index contributed by atoms with van der Waals surface area (Å²) in [5, 5.41) is 0. The van der Waals surface area contributed by atoms with Gasteiger partial charge in [-0.2, -0.15) is 0 Å². The second-order valence-electron chi connectivity index (χ2n) is 6.01. The van der Waals surface area contributed by atoms with E-state index in [1.165, 1.54) is 32.1 Å². The van der Waals surface area contributed by atoms with Crippen molar-refractivity contribution >= 4 is 5.91 Å². The standard InChI is InChI=1S/C14H26N2O/c1-2-14(15)10-16(11-14)13(17)9-8-12-6-4-3-5-7-12/h12H,2-11,15H2,1H3. The Kier molecular flexibility index (Phi) is 4.08. The lowest BCUT2D eigenvalue weighted by Crippen LogP contribution is -2.68. The van der Waals surface area contributed by atoms with Gasteiger partial charge in [0, 0.05) is 19.5 Å². The molecular formula is C14H26N2O. The van der Waals surface area contributed by atoms with E-state index in [1.54, 1.807) is 0 Å². The number of amides is 1. The molecular weight excluding hydrogens is 212 g/mol. The summed E-state index contributed by atoms with van der Waals surface area (Å²) < 4.78 is 0. The third kappa shape index (κ3) is 3.21. The highest BCUT2D eigenvalue weighted by molar-refractivity contribution is 5.77. The lowest BCUT2D eigenvalue weighted by Gasteiger charge is -2.47. The lowest BCUT2D eigenvalue weighted by atomic mass is 9.85. The van der Waals surface area contributed by atoms with Gasteiger partial charge in [0.2, 0.25) is 5.91 Å². The molecule has 0 aromatic carbocycles. The van der Waals surface area contributed by atoms with Gasteiger partial charge in [-0.05, 0) is 18.8 Å². The molecule has 3 nitrogen and oxygen atoms in total. The first-order chi connectivity index (χ1) is 8.13. The monoisotopic (exact) mass is 238 g/mol. The number of nitrogens with zero attached hydrogens (tertiary/aromatic N) is 1. The SMILES string of the molecule is CCC1(N)CN(C(=O)CCC2CCCCC2)C1. The third-order valence-electron chi connectivity index (χ3n) is 4.56. The molecule has 0 aromatic rings. The Morgan fingerprint density at radius 2 is 1.94 bits per heavy atom. The van der Waals surface area contributed by atoms with Crippen molar-refractivity contribution in [1.82, 2.24) is 4.90 Å². The molecule has 2 aliphatic rings. The van der Waals surface area contributed by atoms with Crippen molar-refractivity contribution in [3.8, 4) is 0 Å². The Morgan fingerprint density at radius 1 is 1.29 bits per heavy atom. The highest BCUT2D eigenvalue weighted by Gasteiger charge is 2.40. The van der Waals surface area contributed by atoms with Crippen molar-refractivity contribution in [3.63, 3.8) is 0 Å². The van der Waals surface area contributed by atoms with Crippen molar-refractivity contribution in [2.75, 3.05) is 13.1 Å². The Bertz CT molecular complexity index is 265. The van der Waals surface area contributed by atoms with Crippen LogP contribution in [0.5, 0.6) is 0 Å². The van der Waals surface area contributed by atoms with Gasteiger partial charge in [-0.15, -0.1) is 0 Å². The fourth-order valence-electron chi connectivity index (χ4n) is 3.08. The number of likely N-dealkylation sites (tertiary alicyclic amines) is 1. The van der Waals surface area contributed by atoms with Crippen LogP contribution >= 0.6 is 0 Å². The predicted molar refractivity (Wildman–Crippen MR) is 69.6 cm³/mol. The van der Waals surface area contributed by atoms with E-state index in [0.29, 0.717) is 5.91 Å². The molecule has 17 heavy (non-hydrogen) atoms. The Morgan fingerprint density at radius 3 is 2.53 bits per heavy atom. The molecule has 1 aliphatic heterocycles. The molecule has 0 atom stereocenters. The van der Waals surface area contributed by atoms with Gasteiger partial charge in [-0.25, -0.2) is 0 Å². The minimum atomic E-state index is -0.0828. The van der Waals surface area contributed by atoms with E-state index in [2.05, 4.69) is 6.92 Å². The molecule has 0 unspecified atom stereocenters. The molecule has 0 spiro atoms. The second kappa shape index (κ2) is 5.38. The molecule has 1 amide bonds. The molecule has 1 saturated carbocycles. The predicted octanol–water partition coefficient (Wildman–Crippen LogP) is 2.30. The summed E-state index contributed by atoms with van der Waals surface area (Å²) in [6.07, 6.45) is 9.60. The fourth-order valence-corrected chi connectivity index (χ4v) is 3.08. The first kappa shape index (κ1) is 12.9. The molecule has 1 heterocycles. The molecule has 0 bridgehead atoms. The summed E-state index contributed by atoms with van der Waals surface area (Å²) in [6, 6.07) is 0. The van der Waals surface area contributed by atoms with Crippen LogP contribution in [0.4, 0.5) is 0 Å². The molecule has 1 saturated heterocycles. The molecule has 3 heteroatoms. The van der Waals surface area contributed by atoms with Crippen LogP contribution in [-0.4, -0.2) is 29.4 Å². The molecule has 1 aliphatic carbocycles. The average Bonchev–Trinajstić information content (AvgIpc) is 2.33. The minimum Gasteiger partial charge on any atom is -0.339 e. The molecule has 98 valence electrons. The zero-order valence-electron chi connectivity index (χ0n) is 11.1. The normalized spacial score (nSPS) is 24.5. The van der Waals surface area contributed by atoms with Crippen LogP contribution in [0.2, 0.25) is 0 Å². The van der Waals surface area contributed by atoms with Gasteiger partial charge in [0.25, 0.3) is 0 Å². The highest BCUT2D eigenvalue weighted by Crippen LogP contribution is 2.28. The molecule has 0 radical (unpaired) electrons. The maximum atomic E-state index is 11.9. The van der Waals surface area contributed by atoms with E-state index >= 15 is 0 Å². The maximum Gasteiger partial charge on any atom is 0.222 e. The first-order valence-electron chi connectivity index (χ1n) is 7.19. The van der Waals surface area contributed by atoms with Gasteiger partial charge in [-0.3, -0.25) is 4.79 Å². The van der Waals surface area contributed by atoms with Gasteiger partial charge in [0.1, 0.15) is 0 Å². The number of carbonyl (C=O) groups is 1. The average molecular weight is 238 g/mol. The smallest absolute Gasteiger partial charge is 0.222 e. The van der Waals surface area contributed by atoms with E-state index < -0.39 is 0 Å². The Hall–Kier alpha value is -0.570. The van der Waals surface area contributed by atoms with Crippen LogP contribution in [0.3, 0.4) is 0 Å². The van der Waals surface area contributed by atoms with Gasteiger partial charge >= 0.3 is 0 Å². The molecule has 2 N–H and O–H groups in total. The Balaban J connectivity index is 1.65. The van der Waals surface area contributed by atoms with E-state index in [4.69, 9.17) is 5.73 Å². The summed E-state index contributed by atoms with van der Waals surface area (Å²) in [4.78, 5) is 13.9. The van der Waals surface area contributed by atoms with Crippen LogP contribution in [-0.2, 0) is 4.79 Å². The van der Waals surface area contributed by atoms with Gasteiger partial charge in [-0.1, -0.05) is 39.0 Å². The van der Waals surface area contributed by atoms with Crippen molar-refractivity contribution in [1.29, 1.82) is 0 Å². The first-order valence-corrected chi connectivity index (χ1v) is 7.19. The minimum absolute atomic E-state index is 0.0828. The number of nitrogens with two attached hydrogens (primary N) is 1. The topological polar surface area (TPSA) is 46.3 Å². The lowest BCUT2D eigenvalue weighted by molar-refractivity contribution is -0.139. The van der Waals surface area contributed by atoms with E-state index in [0.717, 1.165) is 38.3 Å². The summed E-state index contributed by atoms with van der Waals surface area (Å²) >= 11 is 0. The van der Waals surface area contributed by atoms with E-state index in [1.807, 2.05) is 4.90 Å². The molecule has 2 rings (SSSR count). The second-order valence-corrected chi connectivity index (χ2v) is 6.01. The molecule has 0 aromatic heterocycles. The largest absolute Gasteiger partial charge is 0.339 e. The van der Waals surface area contributed by atoms with Crippen LogP contribution in [0.1, 0.15) is 58.3 Å². The summed E-state index contributed by atoms with van der Waals surface area (Å²) in [6.45, 7) is 3.64. The Labute approximate surface area is 105 Å². The summed E-state index contributed by atoms with van der Waals surface area (Å²) in [5.74, 6) is 1.13. The number of hydrogen-bond donors (Lipinski definition) is 1. The summed E-state index contributed by atoms with van der Waals surface area (Å²) in [5.41, 5.74) is 5.99. The zero-order chi connectivity index (χ0) is 12.3. The van der Waals surface area contributed by atoms with Crippen molar-refractivity contribution in [3.05, 3.63) is 0 Å².